The first-order valence-electron chi connectivity index (χ1n) is 5.60. The highest BCUT2D eigenvalue weighted by Crippen LogP contribution is 2.17. The Morgan fingerprint density at radius 1 is 1.21 bits per heavy atom. The predicted octanol–water partition coefficient (Wildman–Crippen LogP) is 2.84. The number of aromatic carboxylic acids is 1. The van der Waals surface area contributed by atoms with Crippen molar-refractivity contribution in [3.8, 4) is 5.75 Å². The summed E-state index contributed by atoms with van der Waals surface area (Å²) in [6.07, 6.45) is 0. The van der Waals surface area contributed by atoms with Crippen LogP contribution >= 0.6 is 0 Å². The van der Waals surface area contributed by atoms with E-state index in [0.717, 1.165) is 6.07 Å². The Morgan fingerprint density at radius 2 is 2.00 bits per heavy atom. The van der Waals surface area contributed by atoms with Crippen molar-refractivity contribution in [3.63, 3.8) is 0 Å². The third-order valence-electron chi connectivity index (χ3n) is 2.55. The number of anilines is 1. The molecule has 98 valence electrons. The molecule has 2 aromatic rings. The molecular formula is C14H12FNO3. The van der Waals surface area contributed by atoms with Gasteiger partial charge in [0, 0.05) is 18.3 Å². The SMILES string of the molecule is O=C(O)c1cccc(NCc2cc(O)cc(F)c2)c1. The monoisotopic (exact) mass is 261 g/mol. The number of carbonyl (C=O) groups is 1. The lowest BCUT2D eigenvalue weighted by atomic mass is 10.1. The first-order valence-corrected chi connectivity index (χ1v) is 5.60. The molecule has 0 heterocycles. The highest BCUT2D eigenvalue weighted by molar-refractivity contribution is 5.88. The van der Waals surface area contributed by atoms with Gasteiger partial charge in [0.15, 0.2) is 0 Å². The standard InChI is InChI=1S/C14H12FNO3/c15-11-4-9(5-13(17)7-11)8-16-12-3-1-2-10(6-12)14(18)19/h1-7,16-17H,8H2,(H,18,19). The zero-order chi connectivity index (χ0) is 13.8. The number of benzene rings is 2. The Hall–Kier alpha value is -2.56. The molecule has 2 rings (SSSR count). The number of hydrogen-bond acceptors (Lipinski definition) is 3. The molecule has 5 heteroatoms. The summed E-state index contributed by atoms with van der Waals surface area (Å²) < 4.78 is 13.1. The molecule has 0 atom stereocenters. The van der Waals surface area contributed by atoms with Gasteiger partial charge < -0.3 is 15.5 Å². The van der Waals surface area contributed by atoms with Gasteiger partial charge in [-0.3, -0.25) is 0 Å². The Kier molecular flexibility index (Phi) is 3.66. The quantitative estimate of drug-likeness (QED) is 0.791. The molecule has 0 radical (unpaired) electrons. The van der Waals surface area contributed by atoms with Gasteiger partial charge in [-0.25, -0.2) is 9.18 Å². The lowest BCUT2D eigenvalue weighted by molar-refractivity contribution is 0.0697. The lowest BCUT2D eigenvalue weighted by Crippen LogP contribution is -2.02. The van der Waals surface area contributed by atoms with Gasteiger partial charge in [-0.15, -0.1) is 0 Å². The lowest BCUT2D eigenvalue weighted by Gasteiger charge is -2.08. The van der Waals surface area contributed by atoms with Crippen molar-refractivity contribution in [1.82, 2.24) is 0 Å². The summed E-state index contributed by atoms with van der Waals surface area (Å²) >= 11 is 0. The van der Waals surface area contributed by atoms with Crippen LogP contribution in [-0.2, 0) is 6.54 Å². The van der Waals surface area contributed by atoms with Crippen molar-refractivity contribution in [2.24, 2.45) is 0 Å². The molecule has 0 fully saturated rings. The summed E-state index contributed by atoms with van der Waals surface area (Å²) in [4.78, 5) is 10.8. The van der Waals surface area contributed by atoms with Gasteiger partial charge in [0.2, 0.25) is 0 Å². The van der Waals surface area contributed by atoms with Crippen LogP contribution in [0.25, 0.3) is 0 Å². The fourth-order valence-corrected chi connectivity index (χ4v) is 1.70. The molecule has 0 amide bonds. The number of carboxylic acids is 1. The second-order valence-corrected chi connectivity index (χ2v) is 4.06. The molecule has 0 spiro atoms. The average Bonchev–Trinajstić information content (AvgIpc) is 2.35. The molecular weight excluding hydrogens is 249 g/mol. The maximum Gasteiger partial charge on any atom is 0.335 e. The molecule has 0 unspecified atom stereocenters. The van der Waals surface area contributed by atoms with Gasteiger partial charge >= 0.3 is 5.97 Å². The van der Waals surface area contributed by atoms with E-state index in [1.54, 1.807) is 12.1 Å². The summed E-state index contributed by atoms with van der Waals surface area (Å²) in [6, 6.07) is 10.1. The highest BCUT2D eigenvalue weighted by Gasteiger charge is 2.04. The summed E-state index contributed by atoms with van der Waals surface area (Å²) in [5.74, 6) is -1.67. The zero-order valence-electron chi connectivity index (χ0n) is 9.93. The van der Waals surface area contributed by atoms with Crippen LogP contribution < -0.4 is 5.32 Å². The van der Waals surface area contributed by atoms with E-state index in [4.69, 9.17) is 5.11 Å². The second kappa shape index (κ2) is 5.39. The van der Waals surface area contributed by atoms with E-state index in [9.17, 15) is 14.3 Å². The minimum atomic E-state index is -1.01. The number of hydrogen-bond donors (Lipinski definition) is 3. The van der Waals surface area contributed by atoms with Gasteiger partial charge in [0.1, 0.15) is 11.6 Å². The van der Waals surface area contributed by atoms with E-state index >= 15 is 0 Å². The van der Waals surface area contributed by atoms with Crippen LogP contribution in [0.3, 0.4) is 0 Å². The molecule has 0 aliphatic carbocycles. The molecule has 0 aliphatic heterocycles. The summed E-state index contributed by atoms with van der Waals surface area (Å²) in [6.45, 7) is 0.286. The van der Waals surface area contributed by atoms with Gasteiger partial charge in [-0.2, -0.15) is 0 Å². The molecule has 3 N–H and O–H groups in total. The van der Waals surface area contributed by atoms with E-state index < -0.39 is 11.8 Å². The van der Waals surface area contributed by atoms with Crippen LogP contribution in [0.15, 0.2) is 42.5 Å². The Labute approximate surface area is 109 Å². The topological polar surface area (TPSA) is 69.6 Å². The minimum Gasteiger partial charge on any atom is -0.508 e. The maximum atomic E-state index is 13.1. The van der Waals surface area contributed by atoms with Crippen LogP contribution in [0, 0.1) is 5.82 Å². The second-order valence-electron chi connectivity index (χ2n) is 4.06. The first-order chi connectivity index (χ1) is 9.04. The maximum absolute atomic E-state index is 13.1. The van der Waals surface area contributed by atoms with E-state index in [1.807, 2.05) is 0 Å². The molecule has 0 saturated heterocycles. The number of aromatic hydroxyl groups is 1. The third kappa shape index (κ3) is 3.45. The van der Waals surface area contributed by atoms with Crippen molar-refractivity contribution in [2.45, 2.75) is 6.54 Å². The highest BCUT2D eigenvalue weighted by atomic mass is 19.1. The van der Waals surface area contributed by atoms with E-state index in [0.29, 0.717) is 11.3 Å². The molecule has 0 saturated carbocycles. The Balaban J connectivity index is 2.10. The first kappa shape index (κ1) is 12.9. The van der Waals surface area contributed by atoms with Crippen LogP contribution in [0.2, 0.25) is 0 Å². The van der Waals surface area contributed by atoms with E-state index in [2.05, 4.69) is 5.32 Å². The van der Waals surface area contributed by atoms with Crippen molar-refractivity contribution in [3.05, 3.63) is 59.4 Å². The minimum absolute atomic E-state index is 0.143. The van der Waals surface area contributed by atoms with Gasteiger partial charge in [0.05, 0.1) is 5.56 Å². The van der Waals surface area contributed by atoms with Crippen molar-refractivity contribution < 1.29 is 19.4 Å². The molecule has 19 heavy (non-hydrogen) atoms. The number of rotatable bonds is 4. The largest absolute Gasteiger partial charge is 0.508 e. The molecule has 0 bridgehead atoms. The summed E-state index contributed by atoms with van der Waals surface area (Å²) in [5, 5.41) is 21.1. The van der Waals surface area contributed by atoms with Crippen LogP contribution in [-0.4, -0.2) is 16.2 Å². The molecule has 0 aliphatic rings. The number of phenolic OH excluding ortho intramolecular Hbond substituents is 1. The number of phenols is 1. The van der Waals surface area contributed by atoms with Crippen molar-refractivity contribution >= 4 is 11.7 Å². The normalized spacial score (nSPS) is 10.2. The number of halogens is 1. The van der Waals surface area contributed by atoms with Gasteiger partial charge in [-0.1, -0.05) is 6.07 Å². The number of nitrogens with one attached hydrogen (secondary N) is 1. The molecule has 4 nitrogen and oxygen atoms in total. The van der Waals surface area contributed by atoms with Gasteiger partial charge in [-0.05, 0) is 35.9 Å². The van der Waals surface area contributed by atoms with Crippen molar-refractivity contribution in [1.29, 1.82) is 0 Å². The zero-order valence-corrected chi connectivity index (χ0v) is 9.93. The average molecular weight is 261 g/mol. The smallest absolute Gasteiger partial charge is 0.335 e. The Morgan fingerprint density at radius 3 is 2.68 bits per heavy atom. The van der Waals surface area contributed by atoms with E-state index in [1.165, 1.54) is 24.3 Å². The van der Waals surface area contributed by atoms with Crippen LogP contribution in [0.4, 0.5) is 10.1 Å². The summed E-state index contributed by atoms with van der Waals surface area (Å²) in [5.41, 5.74) is 1.36. The summed E-state index contributed by atoms with van der Waals surface area (Å²) in [7, 11) is 0. The molecule has 2 aromatic carbocycles. The molecule has 0 aromatic heterocycles. The Bertz CT molecular complexity index is 593. The number of carboxylic acid groups (broad SMARTS) is 1. The van der Waals surface area contributed by atoms with Crippen LogP contribution in [0.5, 0.6) is 5.75 Å². The van der Waals surface area contributed by atoms with Crippen molar-refractivity contribution in [2.75, 3.05) is 5.32 Å². The fourth-order valence-electron chi connectivity index (χ4n) is 1.70. The fraction of sp³-hybridized carbons (Fsp3) is 0.0714. The predicted molar refractivity (Wildman–Crippen MR) is 68.8 cm³/mol. The van der Waals surface area contributed by atoms with E-state index in [-0.39, 0.29) is 17.9 Å². The third-order valence-corrected chi connectivity index (χ3v) is 2.55. The van der Waals surface area contributed by atoms with Gasteiger partial charge in [0.25, 0.3) is 0 Å². The van der Waals surface area contributed by atoms with Crippen LogP contribution in [0.1, 0.15) is 15.9 Å².